The molecule has 0 amide bonds. The summed E-state index contributed by atoms with van der Waals surface area (Å²) in [5.41, 5.74) is 1.94. The van der Waals surface area contributed by atoms with Gasteiger partial charge in [-0.2, -0.15) is 11.8 Å². The summed E-state index contributed by atoms with van der Waals surface area (Å²) in [7, 11) is 0. The van der Waals surface area contributed by atoms with Gasteiger partial charge in [-0.1, -0.05) is 0 Å². The molecular formula is C14H18ClN3S. The topological polar surface area (TPSA) is 30.7 Å². The van der Waals surface area contributed by atoms with E-state index in [2.05, 4.69) is 20.8 Å². The molecule has 0 radical (unpaired) electrons. The number of aromatic nitrogens is 3. The summed E-state index contributed by atoms with van der Waals surface area (Å²) in [5.74, 6) is 0.960. The molecule has 2 aromatic heterocycles. The predicted molar refractivity (Wildman–Crippen MR) is 82.0 cm³/mol. The van der Waals surface area contributed by atoms with Gasteiger partial charge in [-0.25, -0.2) is 9.97 Å². The fraction of sp³-hybridized carbons (Fsp3) is 0.571. The molecule has 2 heterocycles. The molecule has 3 rings (SSSR count). The molecular weight excluding hydrogens is 278 g/mol. The number of hydrogen-bond acceptors (Lipinski definition) is 3. The van der Waals surface area contributed by atoms with E-state index in [9.17, 15) is 0 Å². The number of hydrogen-bond donors (Lipinski definition) is 0. The highest BCUT2D eigenvalue weighted by molar-refractivity contribution is 7.99. The zero-order chi connectivity index (χ0) is 13.4. The number of fused-ring (bicyclic) bond motifs is 1. The summed E-state index contributed by atoms with van der Waals surface area (Å²) in [6.07, 6.45) is 7.70. The maximum absolute atomic E-state index is 6.31. The molecule has 3 nitrogen and oxygen atoms in total. The molecule has 0 N–H and O–H groups in total. The van der Waals surface area contributed by atoms with E-state index in [0.717, 1.165) is 22.2 Å². The number of thioether (sulfide) groups is 1. The van der Waals surface area contributed by atoms with Crippen molar-refractivity contribution in [2.75, 3.05) is 6.26 Å². The maximum Gasteiger partial charge on any atom is 0.160 e. The van der Waals surface area contributed by atoms with Crippen LogP contribution in [0.5, 0.6) is 0 Å². The minimum atomic E-state index is -0.0810. The van der Waals surface area contributed by atoms with Crippen LogP contribution in [0.2, 0.25) is 0 Å². The van der Waals surface area contributed by atoms with E-state index in [-0.39, 0.29) is 5.38 Å². The number of imidazole rings is 1. The Balaban J connectivity index is 2.08. The first kappa shape index (κ1) is 13.3. The average Bonchev–Trinajstić information content (AvgIpc) is 3.02. The van der Waals surface area contributed by atoms with Crippen molar-refractivity contribution in [2.24, 2.45) is 0 Å². The molecule has 0 aliphatic heterocycles. The van der Waals surface area contributed by atoms with Crippen molar-refractivity contribution in [2.45, 2.75) is 42.9 Å². The number of pyridine rings is 1. The molecule has 2 aromatic rings. The molecule has 1 aliphatic rings. The van der Waals surface area contributed by atoms with Gasteiger partial charge in [-0.15, -0.1) is 11.6 Å². The van der Waals surface area contributed by atoms with Crippen LogP contribution >= 0.6 is 23.4 Å². The molecule has 0 spiro atoms. The minimum absolute atomic E-state index is 0.0810. The minimum Gasteiger partial charge on any atom is -0.308 e. The van der Waals surface area contributed by atoms with Gasteiger partial charge >= 0.3 is 0 Å². The van der Waals surface area contributed by atoms with Crippen LogP contribution in [0.3, 0.4) is 0 Å². The van der Waals surface area contributed by atoms with Crippen LogP contribution < -0.4 is 0 Å². The SMILES string of the molecule is CSC1CCC(n2c(C(C)Cl)nc3cccnc32)C1. The molecule has 3 atom stereocenters. The zero-order valence-corrected chi connectivity index (χ0v) is 12.8. The van der Waals surface area contributed by atoms with Crippen molar-refractivity contribution >= 4 is 34.5 Å². The highest BCUT2D eigenvalue weighted by Crippen LogP contribution is 2.39. The van der Waals surface area contributed by atoms with Gasteiger partial charge in [0.25, 0.3) is 0 Å². The normalized spacial score (nSPS) is 25.0. The van der Waals surface area contributed by atoms with Gasteiger partial charge in [0, 0.05) is 17.5 Å². The van der Waals surface area contributed by atoms with Gasteiger partial charge < -0.3 is 4.57 Å². The van der Waals surface area contributed by atoms with Crippen LogP contribution in [0.4, 0.5) is 0 Å². The van der Waals surface area contributed by atoms with Crippen molar-refractivity contribution in [1.29, 1.82) is 0 Å². The summed E-state index contributed by atoms with van der Waals surface area (Å²) in [4.78, 5) is 9.18. The van der Waals surface area contributed by atoms with E-state index in [0.29, 0.717) is 6.04 Å². The summed E-state index contributed by atoms with van der Waals surface area (Å²) < 4.78 is 2.28. The van der Waals surface area contributed by atoms with Gasteiger partial charge in [0.2, 0.25) is 0 Å². The number of nitrogens with zero attached hydrogens (tertiary/aromatic N) is 3. The molecule has 1 fully saturated rings. The quantitative estimate of drug-likeness (QED) is 0.796. The molecule has 19 heavy (non-hydrogen) atoms. The first-order valence-electron chi connectivity index (χ1n) is 6.70. The van der Waals surface area contributed by atoms with Crippen LogP contribution in [0, 0.1) is 0 Å². The Morgan fingerprint density at radius 3 is 3.00 bits per heavy atom. The predicted octanol–water partition coefficient (Wildman–Crippen LogP) is 4.19. The Bertz CT molecular complexity index is 581. The monoisotopic (exact) mass is 295 g/mol. The molecule has 0 aromatic carbocycles. The van der Waals surface area contributed by atoms with Gasteiger partial charge in [0.15, 0.2) is 5.65 Å². The van der Waals surface area contributed by atoms with Crippen LogP contribution in [0.1, 0.15) is 43.4 Å². The number of halogens is 1. The largest absolute Gasteiger partial charge is 0.308 e. The Kier molecular flexibility index (Phi) is 3.72. The molecule has 3 unspecified atom stereocenters. The Morgan fingerprint density at radius 2 is 2.32 bits per heavy atom. The zero-order valence-electron chi connectivity index (χ0n) is 11.2. The first-order chi connectivity index (χ1) is 9.20. The Labute approximate surface area is 122 Å². The highest BCUT2D eigenvalue weighted by Gasteiger charge is 2.29. The van der Waals surface area contributed by atoms with Crippen LogP contribution in [0.25, 0.3) is 11.2 Å². The van der Waals surface area contributed by atoms with Gasteiger partial charge in [0.05, 0.1) is 5.38 Å². The van der Waals surface area contributed by atoms with E-state index < -0.39 is 0 Å². The average molecular weight is 296 g/mol. The Morgan fingerprint density at radius 1 is 1.47 bits per heavy atom. The standard InChI is InChI=1S/C14H18ClN3S/c1-9(15)13-17-12-4-3-7-16-14(12)18(13)10-5-6-11(8-10)19-2/h3-4,7,9-11H,5-6,8H2,1-2H3. The van der Waals surface area contributed by atoms with Crippen LogP contribution in [-0.4, -0.2) is 26.0 Å². The third-order valence-corrected chi connectivity index (χ3v) is 5.18. The Hall–Kier alpha value is -0.740. The van der Waals surface area contributed by atoms with Gasteiger partial charge in [-0.05, 0) is 44.6 Å². The third kappa shape index (κ3) is 2.36. The van der Waals surface area contributed by atoms with E-state index in [1.165, 1.54) is 19.3 Å². The first-order valence-corrected chi connectivity index (χ1v) is 8.43. The molecule has 1 aliphatic carbocycles. The van der Waals surface area contributed by atoms with Gasteiger partial charge in [0.1, 0.15) is 11.3 Å². The third-order valence-electron chi connectivity index (χ3n) is 3.89. The number of rotatable bonds is 3. The van der Waals surface area contributed by atoms with E-state index in [4.69, 9.17) is 11.6 Å². The number of alkyl halides is 1. The van der Waals surface area contributed by atoms with Crippen molar-refractivity contribution in [1.82, 2.24) is 14.5 Å². The maximum atomic E-state index is 6.31. The highest BCUT2D eigenvalue weighted by atomic mass is 35.5. The van der Waals surface area contributed by atoms with E-state index >= 15 is 0 Å². The molecule has 0 bridgehead atoms. The lowest BCUT2D eigenvalue weighted by Crippen LogP contribution is -2.11. The van der Waals surface area contributed by atoms with Crippen molar-refractivity contribution in [3.8, 4) is 0 Å². The van der Waals surface area contributed by atoms with E-state index in [1.807, 2.05) is 37.0 Å². The molecule has 0 saturated heterocycles. The summed E-state index contributed by atoms with van der Waals surface area (Å²) in [5, 5.41) is 0.673. The lowest BCUT2D eigenvalue weighted by atomic mass is 10.2. The summed E-state index contributed by atoms with van der Waals surface area (Å²) >= 11 is 8.28. The second-order valence-electron chi connectivity index (χ2n) is 5.13. The van der Waals surface area contributed by atoms with Crippen molar-refractivity contribution in [3.63, 3.8) is 0 Å². The molecule has 5 heteroatoms. The fourth-order valence-corrected chi connectivity index (χ4v) is 3.89. The van der Waals surface area contributed by atoms with Crippen LogP contribution in [-0.2, 0) is 0 Å². The fourth-order valence-electron chi connectivity index (χ4n) is 2.95. The summed E-state index contributed by atoms with van der Waals surface area (Å²) in [6, 6.07) is 4.44. The lowest BCUT2D eigenvalue weighted by molar-refractivity contribution is 0.508. The molecule has 102 valence electrons. The van der Waals surface area contributed by atoms with Crippen molar-refractivity contribution in [3.05, 3.63) is 24.2 Å². The van der Waals surface area contributed by atoms with Gasteiger partial charge in [-0.3, -0.25) is 0 Å². The molecule has 1 saturated carbocycles. The second-order valence-corrected chi connectivity index (χ2v) is 6.92. The summed E-state index contributed by atoms with van der Waals surface area (Å²) in [6.45, 7) is 1.99. The second kappa shape index (κ2) is 5.33. The smallest absolute Gasteiger partial charge is 0.160 e. The van der Waals surface area contributed by atoms with E-state index in [1.54, 1.807) is 0 Å². The van der Waals surface area contributed by atoms with Crippen LogP contribution in [0.15, 0.2) is 18.3 Å². The van der Waals surface area contributed by atoms with Crippen molar-refractivity contribution < 1.29 is 0 Å². The lowest BCUT2D eigenvalue weighted by Gasteiger charge is -2.17.